The van der Waals surface area contributed by atoms with Crippen molar-refractivity contribution in [2.24, 2.45) is 23.0 Å². The molecule has 0 aromatic heterocycles. The molecule has 0 saturated heterocycles. The van der Waals surface area contributed by atoms with Gasteiger partial charge >= 0.3 is 0 Å². The van der Waals surface area contributed by atoms with Gasteiger partial charge in [-0.1, -0.05) is 19.4 Å². The Balaban J connectivity index is 2.37. The van der Waals surface area contributed by atoms with Gasteiger partial charge in [0.2, 0.25) is 0 Å². The topological polar surface area (TPSA) is 116 Å². The fourth-order valence-corrected chi connectivity index (χ4v) is 4.73. The molecule has 0 bridgehead atoms. The summed E-state index contributed by atoms with van der Waals surface area (Å²) in [6.07, 6.45) is 4.67. The molecule has 0 heterocycles. The Morgan fingerprint density at radius 3 is 2.45 bits per heavy atom. The average molecular weight is 388 g/mol. The van der Waals surface area contributed by atoms with Crippen LogP contribution in [0, 0.1) is 51.2 Å². The van der Waals surface area contributed by atoms with Crippen LogP contribution in [0.5, 0.6) is 11.5 Å². The number of fused-ring (bicyclic) bond motifs is 1. The van der Waals surface area contributed by atoms with Crippen LogP contribution in [0.4, 0.5) is 0 Å². The van der Waals surface area contributed by atoms with Crippen molar-refractivity contribution in [3.63, 3.8) is 0 Å². The van der Waals surface area contributed by atoms with Crippen molar-refractivity contribution in [1.82, 2.24) is 0 Å². The molecule has 0 aliphatic heterocycles. The SMILES string of the molecule is CC[C@H]1CC=C2C(C#N)=C(N)C(C#N)(C#N)[C@@H](c3cc(OC)ccc3OC)[C@H]2C1. The molecule has 0 radical (unpaired) electrons. The number of nitrogens with zero attached hydrogens (tertiary/aromatic N) is 3. The predicted molar refractivity (Wildman–Crippen MR) is 107 cm³/mol. The van der Waals surface area contributed by atoms with Crippen LogP contribution < -0.4 is 15.2 Å². The van der Waals surface area contributed by atoms with Crippen LogP contribution in [0.25, 0.3) is 0 Å². The average Bonchev–Trinajstić information content (AvgIpc) is 2.77. The van der Waals surface area contributed by atoms with E-state index >= 15 is 0 Å². The van der Waals surface area contributed by atoms with Crippen LogP contribution >= 0.6 is 0 Å². The predicted octanol–water partition coefficient (Wildman–Crippen LogP) is 3.93. The van der Waals surface area contributed by atoms with E-state index in [4.69, 9.17) is 15.2 Å². The van der Waals surface area contributed by atoms with E-state index in [1.807, 2.05) is 6.07 Å². The summed E-state index contributed by atoms with van der Waals surface area (Å²) in [5.41, 5.74) is 6.52. The summed E-state index contributed by atoms with van der Waals surface area (Å²) in [6.45, 7) is 2.13. The summed E-state index contributed by atoms with van der Waals surface area (Å²) in [5, 5.41) is 30.1. The van der Waals surface area contributed by atoms with Crippen LogP contribution in [0.2, 0.25) is 0 Å². The first-order valence-electron chi connectivity index (χ1n) is 9.66. The van der Waals surface area contributed by atoms with E-state index in [0.29, 0.717) is 23.0 Å². The lowest BCUT2D eigenvalue weighted by Crippen LogP contribution is -2.43. The maximum Gasteiger partial charge on any atom is 0.191 e. The molecule has 2 N–H and O–H groups in total. The number of ether oxygens (including phenoxy) is 2. The number of hydrogen-bond acceptors (Lipinski definition) is 6. The molecule has 2 aliphatic carbocycles. The first-order valence-corrected chi connectivity index (χ1v) is 9.66. The Morgan fingerprint density at radius 1 is 1.17 bits per heavy atom. The van der Waals surface area contributed by atoms with Gasteiger partial charge in [-0.05, 0) is 48.4 Å². The van der Waals surface area contributed by atoms with Gasteiger partial charge in [-0.3, -0.25) is 0 Å². The molecular formula is C23H24N4O2. The highest BCUT2D eigenvalue weighted by molar-refractivity contribution is 5.61. The van der Waals surface area contributed by atoms with Crippen LogP contribution in [-0.2, 0) is 0 Å². The maximum atomic E-state index is 10.2. The molecule has 29 heavy (non-hydrogen) atoms. The molecule has 0 amide bonds. The molecule has 0 unspecified atom stereocenters. The minimum atomic E-state index is -1.66. The van der Waals surface area contributed by atoms with Gasteiger partial charge in [0.05, 0.1) is 37.6 Å². The van der Waals surface area contributed by atoms with Crippen molar-refractivity contribution in [3.05, 3.63) is 46.7 Å². The second kappa shape index (κ2) is 7.90. The third-order valence-electron chi connectivity index (χ3n) is 6.32. The highest BCUT2D eigenvalue weighted by atomic mass is 16.5. The standard InChI is InChI=1S/C23H24N4O2/c1-4-14-5-7-16-17(9-14)21(18-10-15(28-2)6-8-20(18)29-3)23(12-25,13-26)22(27)19(16)11-24/h6-8,10,14,17,21H,4-5,9,27H2,1-3H3/t14-,17-,21+/m0/s1. The summed E-state index contributed by atoms with van der Waals surface area (Å²) in [7, 11) is 3.12. The largest absolute Gasteiger partial charge is 0.497 e. The summed E-state index contributed by atoms with van der Waals surface area (Å²) in [6, 6.07) is 11.9. The molecule has 3 rings (SSSR count). The fourth-order valence-electron chi connectivity index (χ4n) is 4.73. The van der Waals surface area contributed by atoms with E-state index in [0.717, 1.165) is 24.8 Å². The molecule has 0 saturated carbocycles. The van der Waals surface area contributed by atoms with Crippen LogP contribution in [0.15, 0.2) is 41.1 Å². The van der Waals surface area contributed by atoms with E-state index < -0.39 is 11.3 Å². The zero-order valence-electron chi connectivity index (χ0n) is 16.9. The van der Waals surface area contributed by atoms with Crippen LogP contribution in [0.3, 0.4) is 0 Å². The summed E-state index contributed by atoms with van der Waals surface area (Å²) >= 11 is 0. The molecule has 6 heteroatoms. The number of benzene rings is 1. The molecule has 0 spiro atoms. The molecule has 1 aromatic rings. The van der Waals surface area contributed by atoms with Crippen molar-refractivity contribution in [2.75, 3.05) is 14.2 Å². The van der Waals surface area contributed by atoms with Crippen molar-refractivity contribution in [1.29, 1.82) is 15.8 Å². The van der Waals surface area contributed by atoms with E-state index in [9.17, 15) is 15.8 Å². The van der Waals surface area contributed by atoms with Gasteiger partial charge in [0.1, 0.15) is 17.6 Å². The Bertz CT molecular complexity index is 989. The minimum absolute atomic E-state index is 0.0253. The summed E-state index contributed by atoms with van der Waals surface area (Å²) in [5.74, 6) is 0.831. The van der Waals surface area contributed by atoms with Gasteiger partial charge in [0.15, 0.2) is 5.41 Å². The fraction of sp³-hybridized carbons (Fsp3) is 0.435. The monoisotopic (exact) mass is 388 g/mol. The van der Waals surface area contributed by atoms with Crippen molar-refractivity contribution < 1.29 is 9.47 Å². The molecule has 0 fully saturated rings. The number of nitriles is 3. The smallest absolute Gasteiger partial charge is 0.191 e. The normalized spacial score (nSPS) is 25.0. The maximum absolute atomic E-state index is 10.2. The quantitative estimate of drug-likeness (QED) is 0.835. The van der Waals surface area contributed by atoms with Gasteiger partial charge in [-0.2, -0.15) is 15.8 Å². The highest BCUT2D eigenvalue weighted by Gasteiger charge is 2.55. The Labute approximate surface area is 171 Å². The van der Waals surface area contributed by atoms with Crippen LogP contribution in [0.1, 0.15) is 37.7 Å². The number of hydrogen-bond donors (Lipinski definition) is 1. The Morgan fingerprint density at radius 2 is 1.90 bits per heavy atom. The minimum Gasteiger partial charge on any atom is -0.497 e. The highest BCUT2D eigenvalue weighted by Crippen LogP contribution is 2.58. The first kappa shape index (κ1) is 20.3. The Hall–Kier alpha value is -3.43. The van der Waals surface area contributed by atoms with Gasteiger partial charge in [-0.15, -0.1) is 0 Å². The van der Waals surface area contributed by atoms with Crippen LogP contribution in [-0.4, -0.2) is 14.2 Å². The molecule has 1 aromatic carbocycles. The Kier molecular flexibility index (Phi) is 5.53. The van der Waals surface area contributed by atoms with Gasteiger partial charge in [0, 0.05) is 11.5 Å². The molecular weight excluding hydrogens is 364 g/mol. The number of allylic oxidation sites excluding steroid dienone is 4. The third-order valence-corrected chi connectivity index (χ3v) is 6.32. The second-order valence-electron chi connectivity index (χ2n) is 7.53. The zero-order chi connectivity index (χ0) is 21.2. The molecule has 6 nitrogen and oxygen atoms in total. The van der Waals surface area contributed by atoms with E-state index in [2.05, 4.69) is 31.2 Å². The van der Waals surface area contributed by atoms with Gasteiger partial charge in [-0.25, -0.2) is 0 Å². The summed E-state index contributed by atoms with van der Waals surface area (Å²) < 4.78 is 11.0. The molecule has 148 valence electrons. The number of rotatable bonds is 4. The van der Waals surface area contributed by atoms with Gasteiger partial charge < -0.3 is 15.2 Å². The van der Waals surface area contributed by atoms with Crippen molar-refractivity contribution in [2.45, 2.75) is 32.1 Å². The summed E-state index contributed by atoms with van der Waals surface area (Å²) in [4.78, 5) is 0. The lowest BCUT2D eigenvalue weighted by atomic mass is 9.55. The van der Waals surface area contributed by atoms with Crippen molar-refractivity contribution in [3.8, 4) is 29.7 Å². The third kappa shape index (κ3) is 3.00. The number of methoxy groups -OCH3 is 2. The first-order chi connectivity index (χ1) is 14.0. The van der Waals surface area contributed by atoms with E-state index in [-0.39, 0.29) is 17.2 Å². The number of nitrogens with two attached hydrogens (primary N) is 1. The van der Waals surface area contributed by atoms with E-state index in [1.54, 1.807) is 26.4 Å². The second-order valence-corrected chi connectivity index (χ2v) is 7.53. The molecule has 2 aliphatic rings. The van der Waals surface area contributed by atoms with Crippen molar-refractivity contribution >= 4 is 0 Å². The molecule has 3 atom stereocenters. The lowest BCUT2D eigenvalue weighted by molar-refractivity contribution is 0.264. The van der Waals surface area contributed by atoms with Gasteiger partial charge in [0.25, 0.3) is 0 Å². The lowest BCUT2D eigenvalue weighted by Gasteiger charge is -2.45. The van der Waals surface area contributed by atoms with E-state index in [1.165, 1.54) is 0 Å². The zero-order valence-corrected chi connectivity index (χ0v) is 16.9.